The van der Waals surface area contributed by atoms with Crippen LogP contribution in [0.15, 0.2) is 48.7 Å². The highest BCUT2D eigenvalue weighted by molar-refractivity contribution is 5.90. The van der Waals surface area contributed by atoms with E-state index in [0.717, 1.165) is 11.4 Å². The van der Waals surface area contributed by atoms with E-state index in [1.54, 1.807) is 6.08 Å². The Labute approximate surface area is 100 Å². The van der Waals surface area contributed by atoms with Crippen molar-refractivity contribution < 1.29 is 4.79 Å². The van der Waals surface area contributed by atoms with Crippen LogP contribution in [0.4, 0.5) is 0 Å². The second-order valence-corrected chi connectivity index (χ2v) is 3.87. The van der Waals surface area contributed by atoms with E-state index >= 15 is 0 Å². The van der Waals surface area contributed by atoms with Gasteiger partial charge < -0.3 is 10.3 Å². The molecular formula is C14H14N2O. The Bertz CT molecular complexity index is 550. The lowest BCUT2D eigenvalue weighted by atomic mass is 10.2. The van der Waals surface area contributed by atoms with Crippen molar-refractivity contribution >= 4 is 12.0 Å². The van der Waals surface area contributed by atoms with Crippen LogP contribution < -0.4 is 5.73 Å². The molecule has 0 atom stereocenters. The normalized spacial score (nSPS) is 10.9. The molecule has 0 aliphatic rings. The summed E-state index contributed by atoms with van der Waals surface area (Å²) in [7, 11) is 0. The van der Waals surface area contributed by atoms with Crippen molar-refractivity contribution in [2.45, 2.75) is 6.92 Å². The molecule has 0 aliphatic heterocycles. The molecule has 0 spiro atoms. The maximum atomic E-state index is 10.7. The molecule has 0 saturated heterocycles. The molecule has 2 N–H and O–H groups in total. The Morgan fingerprint density at radius 1 is 1.24 bits per heavy atom. The summed E-state index contributed by atoms with van der Waals surface area (Å²) < 4.78 is 2.00. The molecule has 1 amide bonds. The molecular weight excluding hydrogens is 212 g/mol. The third kappa shape index (κ3) is 2.64. The molecule has 1 aromatic carbocycles. The van der Waals surface area contributed by atoms with Gasteiger partial charge in [0.1, 0.15) is 0 Å². The number of hydrogen-bond donors (Lipinski definition) is 1. The average molecular weight is 226 g/mol. The summed E-state index contributed by atoms with van der Waals surface area (Å²) in [6.07, 6.45) is 5.02. The number of nitrogens with two attached hydrogens (primary N) is 1. The van der Waals surface area contributed by atoms with Crippen LogP contribution >= 0.6 is 0 Å². The molecule has 2 aromatic rings. The van der Waals surface area contributed by atoms with Gasteiger partial charge in [-0.3, -0.25) is 4.79 Å². The van der Waals surface area contributed by atoms with Gasteiger partial charge in [-0.25, -0.2) is 0 Å². The van der Waals surface area contributed by atoms with E-state index < -0.39 is 5.91 Å². The molecule has 0 fully saturated rings. The first-order valence-electron chi connectivity index (χ1n) is 5.39. The largest absolute Gasteiger partial charge is 0.366 e. The van der Waals surface area contributed by atoms with Crippen molar-refractivity contribution in [1.29, 1.82) is 0 Å². The molecule has 1 aromatic heterocycles. The van der Waals surface area contributed by atoms with Crippen molar-refractivity contribution in [3.05, 3.63) is 59.9 Å². The van der Waals surface area contributed by atoms with Crippen molar-refractivity contribution in [1.82, 2.24) is 4.57 Å². The van der Waals surface area contributed by atoms with E-state index in [4.69, 9.17) is 5.73 Å². The highest BCUT2D eigenvalue weighted by Crippen LogP contribution is 2.14. The third-order valence-electron chi connectivity index (χ3n) is 2.51. The van der Waals surface area contributed by atoms with Gasteiger partial charge in [0.25, 0.3) is 0 Å². The molecule has 0 saturated carbocycles. The quantitative estimate of drug-likeness (QED) is 0.802. The molecule has 0 bridgehead atoms. The van der Waals surface area contributed by atoms with Crippen molar-refractivity contribution in [2.75, 3.05) is 0 Å². The van der Waals surface area contributed by atoms with Crippen LogP contribution in [0.25, 0.3) is 11.8 Å². The molecule has 0 radical (unpaired) electrons. The number of nitrogens with zero attached hydrogens (tertiary/aromatic N) is 1. The number of hydrogen-bond acceptors (Lipinski definition) is 1. The number of aryl methyl sites for hydroxylation is 1. The molecule has 3 nitrogen and oxygen atoms in total. The lowest BCUT2D eigenvalue weighted by Crippen LogP contribution is -2.05. The van der Waals surface area contributed by atoms with Crippen molar-refractivity contribution in [2.24, 2.45) is 5.73 Å². The summed E-state index contributed by atoms with van der Waals surface area (Å²) in [5.74, 6) is -0.443. The summed E-state index contributed by atoms with van der Waals surface area (Å²) in [6.45, 7) is 2.05. The van der Waals surface area contributed by atoms with E-state index in [0.29, 0.717) is 0 Å². The Hall–Kier alpha value is -2.29. The Morgan fingerprint density at radius 3 is 2.59 bits per heavy atom. The van der Waals surface area contributed by atoms with Crippen LogP contribution in [-0.2, 0) is 4.79 Å². The summed E-state index contributed by atoms with van der Waals surface area (Å²) in [5, 5.41) is 0. The maximum absolute atomic E-state index is 10.7. The lowest BCUT2D eigenvalue weighted by Gasteiger charge is -2.06. The van der Waals surface area contributed by atoms with Gasteiger partial charge in [-0.2, -0.15) is 0 Å². The predicted octanol–water partition coefficient (Wildman–Crippen LogP) is 2.28. The van der Waals surface area contributed by atoms with Gasteiger partial charge >= 0.3 is 0 Å². The zero-order valence-electron chi connectivity index (χ0n) is 9.63. The van der Waals surface area contributed by atoms with E-state index in [1.165, 1.54) is 11.6 Å². The van der Waals surface area contributed by atoms with E-state index in [1.807, 2.05) is 42.0 Å². The smallest absolute Gasteiger partial charge is 0.241 e. The monoisotopic (exact) mass is 226 g/mol. The number of carbonyl (C=O) groups is 1. The van der Waals surface area contributed by atoms with Crippen molar-refractivity contribution in [3.8, 4) is 5.69 Å². The lowest BCUT2D eigenvalue weighted by molar-refractivity contribution is -0.113. The Kier molecular flexibility index (Phi) is 3.10. The Balaban J connectivity index is 2.36. The molecule has 0 aliphatic carbocycles. The van der Waals surface area contributed by atoms with Gasteiger partial charge in [0.05, 0.1) is 0 Å². The topological polar surface area (TPSA) is 48.0 Å². The molecule has 86 valence electrons. The summed E-state index contributed by atoms with van der Waals surface area (Å²) in [6, 6.07) is 12.0. The van der Waals surface area contributed by atoms with Gasteiger partial charge in [-0.15, -0.1) is 0 Å². The van der Waals surface area contributed by atoms with Crippen LogP contribution in [0.1, 0.15) is 11.3 Å². The highest BCUT2D eigenvalue weighted by atomic mass is 16.1. The van der Waals surface area contributed by atoms with Gasteiger partial charge in [0.2, 0.25) is 5.91 Å². The minimum Gasteiger partial charge on any atom is -0.366 e. The summed E-state index contributed by atoms with van der Waals surface area (Å²) in [4.78, 5) is 10.7. The number of aromatic nitrogens is 1. The fourth-order valence-corrected chi connectivity index (χ4v) is 1.64. The number of primary amides is 1. The number of carbonyl (C=O) groups excluding carboxylic acids is 1. The zero-order chi connectivity index (χ0) is 12.3. The third-order valence-corrected chi connectivity index (χ3v) is 2.51. The molecule has 3 heteroatoms. The molecule has 17 heavy (non-hydrogen) atoms. The number of rotatable bonds is 3. The number of benzene rings is 1. The second kappa shape index (κ2) is 4.70. The van der Waals surface area contributed by atoms with E-state index in [2.05, 4.69) is 12.1 Å². The van der Waals surface area contributed by atoms with Crippen LogP contribution in [0, 0.1) is 6.92 Å². The zero-order valence-corrected chi connectivity index (χ0v) is 9.63. The molecule has 0 unspecified atom stereocenters. The first kappa shape index (κ1) is 11.2. The van der Waals surface area contributed by atoms with E-state index in [-0.39, 0.29) is 0 Å². The van der Waals surface area contributed by atoms with Crippen LogP contribution in [-0.4, -0.2) is 10.5 Å². The fraction of sp³-hybridized carbons (Fsp3) is 0.0714. The average Bonchev–Trinajstić information content (AvgIpc) is 2.75. The second-order valence-electron chi connectivity index (χ2n) is 3.87. The first-order chi connectivity index (χ1) is 8.16. The van der Waals surface area contributed by atoms with E-state index in [9.17, 15) is 4.79 Å². The van der Waals surface area contributed by atoms with Crippen molar-refractivity contribution in [3.63, 3.8) is 0 Å². The minimum absolute atomic E-state index is 0.443. The van der Waals surface area contributed by atoms with Crippen LogP contribution in [0.3, 0.4) is 0 Å². The van der Waals surface area contributed by atoms with Crippen LogP contribution in [0.5, 0.6) is 0 Å². The number of amides is 1. The van der Waals surface area contributed by atoms with Gasteiger partial charge in [-0.05, 0) is 37.3 Å². The maximum Gasteiger partial charge on any atom is 0.241 e. The summed E-state index contributed by atoms with van der Waals surface area (Å²) >= 11 is 0. The van der Waals surface area contributed by atoms with Gasteiger partial charge in [-0.1, -0.05) is 17.7 Å². The molecule has 1 heterocycles. The first-order valence-corrected chi connectivity index (χ1v) is 5.39. The summed E-state index contributed by atoms with van der Waals surface area (Å²) in [5.41, 5.74) is 8.28. The Morgan fingerprint density at radius 2 is 1.94 bits per heavy atom. The van der Waals surface area contributed by atoms with Crippen LogP contribution in [0.2, 0.25) is 0 Å². The minimum atomic E-state index is -0.443. The molecule has 2 rings (SSSR count). The fourth-order valence-electron chi connectivity index (χ4n) is 1.64. The standard InChI is InChI=1S/C14H14N2O/c1-11-4-6-13(7-5-11)16-10-2-3-12(16)8-9-14(15)17/h2-10H,1H3,(H2,15,17)/b9-8+. The SMILES string of the molecule is Cc1ccc(-n2cccc2/C=C/C(N)=O)cc1. The predicted molar refractivity (Wildman–Crippen MR) is 68.7 cm³/mol. The van der Waals surface area contributed by atoms with Gasteiger partial charge in [0.15, 0.2) is 0 Å². The highest BCUT2D eigenvalue weighted by Gasteiger charge is 2.00. The van der Waals surface area contributed by atoms with Gasteiger partial charge in [0, 0.05) is 23.7 Å².